The summed E-state index contributed by atoms with van der Waals surface area (Å²) in [6, 6.07) is 0. The summed E-state index contributed by atoms with van der Waals surface area (Å²) >= 11 is 0. The van der Waals surface area contributed by atoms with E-state index in [1.807, 2.05) is 0 Å². The normalized spacial score (nSPS) is 31.3. The van der Waals surface area contributed by atoms with E-state index in [-0.39, 0.29) is 11.3 Å². The first-order chi connectivity index (χ1) is 6.28. The fraction of sp³-hybridized carbons (Fsp3) is 0.900. The van der Waals surface area contributed by atoms with E-state index in [0.717, 1.165) is 32.3 Å². The fourth-order valence-corrected chi connectivity index (χ4v) is 2.33. The zero-order chi connectivity index (χ0) is 9.31. The number of Topliss-reactive ketones (excluding diaryl/α,β-unsaturated/α-hetero) is 1. The molecule has 0 aromatic rings. The number of nitrogens with two attached hydrogens (primary N) is 1. The number of hydrogen-bond acceptors (Lipinski definition) is 3. The molecule has 1 saturated carbocycles. The highest BCUT2D eigenvalue weighted by atomic mass is 16.5. The Morgan fingerprint density at radius 2 is 2.31 bits per heavy atom. The van der Waals surface area contributed by atoms with Crippen LogP contribution in [0.4, 0.5) is 0 Å². The van der Waals surface area contributed by atoms with Crippen LogP contribution in [0.3, 0.4) is 0 Å². The van der Waals surface area contributed by atoms with Crippen molar-refractivity contribution < 1.29 is 9.53 Å². The van der Waals surface area contributed by atoms with Gasteiger partial charge in [0.2, 0.25) is 0 Å². The molecule has 2 aliphatic rings. The van der Waals surface area contributed by atoms with Gasteiger partial charge in [0.05, 0.1) is 6.61 Å². The zero-order valence-corrected chi connectivity index (χ0v) is 7.92. The summed E-state index contributed by atoms with van der Waals surface area (Å²) in [4.78, 5) is 12.0. The second kappa shape index (κ2) is 3.39. The molecule has 3 nitrogen and oxygen atoms in total. The topological polar surface area (TPSA) is 52.3 Å². The van der Waals surface area contributed by atoms with Crippen LogP contribution in [0.25, 0.3) is 0 Å². The number of hydrogen-bond donors (Lipinski definition) is 1. The largest absolute Gasteiger partial charge is 0.381 e. The van der Waals surface area contributed by atoms with Gasteiger partial charge in [0, 0.05) is 24.5 Å². The molecule has 0 amide bonds. The Morgan fingerprint density at radius 3 is 2.69 bits per heavy atom. The van der Waals surface area contributed by atoms with Crippen molar-refractivity contribution in [1.29, 1.82) is 0 Å². The third-order valence-electron chi connectivity index (χ3n) is 3.52. The summed E-state index contributed by atoms with van der Waals surface area (Å²) in [6.07, 6.45) is 4.06. The molecule has 13 heavy (non-hydrogen) atoms. The van der Waals surface area contributed by atoms with Crippen molar-refractivity contribution in [2.45, 2.75) is 25.7 Å². The van der Waals surface area contributed by atoms with Crippen LogP contribution in [0, 0.1) is 11.3 Å². The Balaban J connectivity index is 2.01. The van der Waals surface area contributed by atoms with Crippen molar-refractivity contribution in [3.8, 4) is 0 Å². The first-order valence-electron chi connectivity index (χ1n) is 5.11. The molecule has 1 aliphatic heterocycles. The average molecular weight is 183 g/mol. The van der Waals surface area contributed by atoms with E-state index in [0.29, 0.717) is 18.9 Å². The molecule has 1 aliphatic carbocycles. The molecule has 1 saturated heterocycles. The average Bonchev–Trinajstić information content (AvgIpc) is 2.54. The van der Waals surface area contributed by atoms with Crippen LogP contribution in [0.1, 0.15) is 25.7 Å². The second-order valence-corrected chi connectivity index (χ2v) is 4.26. The van der Waals surface area contributed by atoms with E-state index in [1.165, 1.54) is 0 Å². The first kappa shape index (κ1) is 9.16. The standard InChI is InChI=1S/C10H17NO2/c11-7-10(3-1-4-10)9(12)8-2-5-13-6-8/h8H,1-7,11H2. The maximum Gasteiger partial charge on any atom is 0.145 e. The van der Waals surface area contributed by atoms with Crippen LogP contribution in [-0.4, -0.2) is 25.5 Å². The second-order valence-electron chi connectivity index (χ2n) is 4.26. The van der Waals surface area contributed by atoms with Gasteiger partial charge in [0.15, 0.2) is 0 Å². The number of carbonyl (C=O) groups excluding carboxylic acids is 1. The van der Waals surface area contributed by atoms with Crippen molar-refractivity contribution in [3.05, 3.63) is 0 Å². The minimum Gasteiger partial charge on any atom is -0.381 e. The van der Waals surface area contributed by atoms with Crippen LogP contribution >= 0.6 is 0 Å². The van der Waals surface area contributed by atoms with Gasteiger partial charge in [-0.05, 0) is 19.3 Å². The predicted octanol–water partition coefficient (Wildman–Crippen LogP) is 0.721. The van der Waals surface area contributed by atoms with Gasteiger partial charge in [-0.25, -0.2) is 0 Å². The molecule has 1 atom stereocenters. The summed E-state index contributed by atoms with van der Waals surface area (Å²) in [5.41, 5.74) is 5.52. The van der Waals surface area contributed by atoms with Gasteiger partial charge in [-0.3, -0.25) is 4.79 Å². The number of ketones is 1. The number of ether oxygens (including phenoxy) is 1. The Hall–Kier alpha value is -0.410. The molecule has 74 valence electrons. The van der Waals surface area contributed by atoms with Crippen LogP contribution in [0.2, 0.25) is 0 Å². The third kappa shape index (κ3) is 1.40. The lowest BCUT2D eigenvalue weighted by molar-refractivity contribution is -0.137. The minimum absolute atomic E-state index is 0.142. The maximum absolute atomic E-state index is 12.0. The summed E-state index contributed by atoms with van der Waals surface area (Å²) in [6.45, 7) is 1.90. The van der Waals surface area contributed by atoms with Crippen LogP contribution in [-0.2, 0) is 9.53 Å². The van der Waals surface area contributed by atoms with Crippen molar-refractivity contribution in [2.24, 2.45) is 17.1 Å². The van der Waals surface area contributed by atoms with Gasteiger partial charge in [0.25, 0.3) is 0 Å². The third-order valence-corrected chi connectivity index (χ3v) is 3.52. The molecule has 2 fully saturated rings. The molecule has 0 radical (unpaired) electrons. The highest BCUT2D eigenvalue weighted by molar-refractivity contribution is 5.88. The molecular weight excluding hydrogens is 166 g/mol. The highest BCUT2D eigenvalue weighted by Gasteiger charge is 2.45. The first-order valence-corrected chi connectivity index (χ1v) is 5.11. The quantitative estimate of drug-likeness (QED) is 0.701. The van der Waals surface area contributed by atoms with Crippen molar-refractivity contribution in [3.63, 3.8) is 0 Å². The molecule has 1 unspecified atom stereocenters. The number of carbonyl (C=O) groups is 1. The zero-order valence-electron chi connectivity index (χ0n) is 7.92. The SMILES string of the molecule is NCC1(C(=O)C2CCOC2)CCC1. The monoisotopic (exact) mass is 183 g/mol. The van der Waals surface area contributed by atoms with Gasteiger partial charge >= 0.3 is 0 Å². The molecule has 2 N–H and O–H groups in total. The van der Waals surface area contributed by atoms with Crippen LogP contribution in [0.15, 0.2) is 0 Å². The van der Waals surface area contributed by atoms with E-state index in [1.54, 1.807) is 0 Å². The van der Waals surface area contributed by atoms with E-state index < -0.39 is 0 Å². The van der Waals surface area contributed by atoms with Gasteiger partial charge in [-0.15, -0.1) is 0 Å². The van der Waals surface area contributed by atoms with Crippen molar-refractivity contribution >= 4 is 5.78 Å². The molecule has 0 aromatic carbocycles. The van der Waals surface area contributed by atoms with Gasteiger partial charge < -0.3 is 10.5 Å². The molecule has 3 heteroatoms. The molecular formula is C10H17NO2. The van der Waals surface area contributed by atoms with Crippen molar-refractivity contribution in [2.75, 3.05) is 19.8 Å². The van der Waals surface area contributed by atoms with Crippen molar-refractivity contribution in [1.82, 2.24) is 0 Å². The van der Waals surface area contributed by atoms with E-state index >= 15 is 0 Å². The van der Waals surface area contributed by atoms with Crippen LogP contribution in [0.5, 0.6) is 0 Å². The lowest BCUT2D eigenvalue weighted by Crippen LogP contribution is -2.47. The van der Waals surface area contributed by atoms with E-state index in [2.05, 4.69) is 0 Å². The smallest absolute Gasteiger partial charge is 0.145 e. The van der Waals surface area contributed by atoms with Gasteiger partial charge in [-0.1, -0.05) is 6.42 Å². The molecule has 2 rings (SSSR count). The Kier molecular flexibility index (Phi) is 2.39. The molecule has 1 heterocycles. The minimum atomic E-state index is -0.154. The fourth-order valence-electron chi connectivity index (χ4n) is 2.33. The van der Waals surface area contributed by atoms with Gasteiger partial charge in [-0.2, -0.15) is 0 Å². The molecule has 0 aromatic heterocycles. The number of rotatable bonds is 3. The Morgan fingerprint density at radius 1 is 1.54 bits per heavy atom. The molecule has 0 bridgehead atoms. The van der Waals surface area contributed by atoms with E-state index in [9.17, 15) is 4.79 Å². The molecule has 0 spiro atoms. The summed E-state index contributed by atoms with van der Waals surface area (Å²) in [5.74, 6) is 0.516. The summed E-state index contributed by atoms with van der Waals surface area (Å²) in [5, 5.41) is 0. The Bertz CT molecular complexity index is 199. The van der Waals surface area contributed by atoms with E-state index in [4.69, 9.17) is 10.5 Å². The Labute approximate surface area is 78.6 Å². The lowest BCUT2D eigenvalue weighted by atomic mass is 9.63. The highest BCUT2D eigenvalue weighted by Crippen LogP contribution is 2.43. The lowest BCUT2D eigenvalue weighted by Gasteiger charge is -2.40. The van der Waals surface area contributed by atoms with Crippen LogP contribution < -0.4 is 5.73 Å². The predicted molar refractivity (Wildman–Crippen MR) is 49.3 cm³/mol. The summed E-state index contributed by atoms with van der Waals surface area (Å²) in [7, 11) is 0. The summed E-state index contributed by atoms with van der Waals surface area (Å²) < 4.78 is 5.22. The maximum atomic E-state index is 12.0. The van der Waals surface area contributed by atoms with Gasteiger partial charge in [0.1, 0.15) is 5.78 Å².